The number of likely N-dealkylation sites (tertiary alicyclic amines) is 1. The second-order valence-corrected chi connectivity index (χ2v) is 21.1. The van der Waals surface area contributed by atoms with E-state index < -0.39 is 17.8 Å². The van der Waals surface area contributed by atoms with Gasteiger partial charge >= 0.3 is 0 Å². The van der Waals surface area contributed by atoms with Gasteiger partial charge in [0.05, 0.1) is 55.9 Å². The fourth-order valence-electron chi connectivity index (χ4n) is 15.5. The van der Waals surface area contributed by atoms with E-state index in [9.17, 15) is 20.4 Å². The van der Waals surface area contributed by atoms with E-state index in [4.69, 9.17) is 18.9 Å². The molecule has 0 amide bonds. The van der Waals surface area contributed by atoms with E-state index in [2.05, 4.69) is 44.4 Å². The Kier molecular flexibility index (Phi) is 10.1. The quantitative estimate of drug-likeness (QED) is 0.244. The molecule has 0 aromatic heterocycles. The standard InChI is InChI=1S/C43H74N2O8/c1-9-50-37(39(5,6)49)29-18-26(2)34-35(52-29)36(48)41(8)31-11-10-30-38(3,4)32(12-13-42(30)25-43(31,42)15-14-40(34,41)7)53-33-22-44(16-17-51-33)19-27-20-45(21-27)28(23-46)24-47/h26-37,46-49H,9-25H2,1-8H3/t26-,29-,30+,31+,32+,33+,34+,35+,36+,37+,40-,41-,42-,43+/m1/s1. The van der Waals surface area contributed by atoms with E-state index in [0.717, 1.165) is 58.4 Å². The molecule has 0 aromatic rings. The number of rotatable bonds is 11. The summed E-state index contributed by atoms with van der Waals surface area (Å²) >= 11 is 0. The van der Waals surface area contributed by atoms with Crippen LogP contribution in [-0.2, 0) is 18.9 Å². The van der Waals surface area contributed by atoms with Gasteiger partial charge in [-0.15, -0.1) is 0 Å². The zero-order valence-electron chi connectivity index (χ0n) is 34.3. The molecule has 4 N–H and O–H groups in total. The third kappa shape index (κ3) is 5.75. The monoisotopic (exact) mass is 747 g/mol. The summed E-state index contributed by atoms with van der Waals surface area (Å²) in [6.07, 6.45) is 7.71. The van der Waals surface area contributed by atoms with Crippen LogP contribution in [-0.4, -0.2) is 138 Å². The minimum atomic E-state index is -1.02. The van der Waals surface area contributed by atoms with Gasteiger partial charge < -0.3 is 39.4 Å². The smallest absolute Gasteiger partial charge is 0.170 e. The third-order valence-electron chi connectivity index (χ3n) is 18.0. The minimum absolute atomic E-state index is 0.00100. The first kappa shape index (κ1) is 39.4. The van der Waals surface area contributed by atoms with E-state index >= 15 is 0 Å². The molecule has 5 aliphatic carbocycles. The maximum Gasteiger partial charge on any atom is 0.170 e. The molecule has 8 fully saturated rings. The van der Waals surface area contributed by atoms with Crippen molar-refractivity contribution in [2.24, 2.45) is 56.7 Å². The predicted octanol–water partition coefficient (Wildman–Crippen LogP) is 4.30. The molecular weight excluding hydrogens is 672 g/mol. The normalized spacial score (nSPS) is 49.0. The molecule has 14 atom stereocenters. The van der Waals surface area contributed by atoms with Crippen LogP contribution in [0.25, 0.3) is 0 Å². The fourth-order valence-corrected chi connectivity index (χ4v) is 15.5. The van der Waals surface area contributed by atoms with E-state index in [1.165, 1.54) is 25.7 Å². The number of fused-ring (bicyclic) bond motifs is 4. The first-order valence-electron chi connectivity index (χ1n) is 21.6. The zero-order valence-corrected chi connectivity index (χ0v) is 34.3. The van der Waals surface area contributed by atoms with Crippen molar-refractivity contribution in [1.29, 1.82) is 0 Å². The second kappa shape index (κ2) is 13.6. The fraction of sp³-hybridized carbons (Fsp3) is 1.00. The number of aliphatic hydroxyl groups is 4. The molecule has 0 unspecified atom stereocenters. The lowest BCUT2D eigenvalue weighted by Gasteiger charge is -2.64. The van der Waals surface area contributed by atoms with Gasteiger partial charge in [-0.05, 0) is 123 Å². The summed E-state index contributed by atoms with van der Waals surface area (Å²) in [6, 6.07) is -0.136. The molecule has 0 aromatic carbocycles. The zero-order chi connectivity index (χ0) is 37.9. The summed E-state index contributed by atoms with van der Waals surface area (Å²) in [4.78, 5) is 4.69. The van der Waals surface area contributed by atoms with Crippen LogP contribution in [0.15, 0.2) is 0 Å². The Balaban J connectivity index is 0.950. The molecule has 8 rings (SSSR count). The minimum Gasteiger partial charge on any atom is -0.395 e. The van der Waals surface area contributed by atoms with Crippen LogP contribution in [0, 0.1) is 56.7 Å². The van der Waals surface area contributed by atoms with Gasteiger partial charge in [-0.3, -0.25) is 9.80 Å². The van der Waals surface area contributed by atoms with Crippen LogP contribution in [0.1, 0.15) is 107 Å². The summed E-state index contributed by atoms with van der Waals surface area (Å²) < 4.78 is 26.4. The highest BCUT2D eigenvalue weighted by atomic mass is 16.7. The van der Waals surface area contributed by atoms with Gasteiger partial charge in [0.1, 0.15) is 6.10 Å². The van der Waals surface area contributed by atoms with Crippen molar-refractivity contribution in [3.05, 3.63) is 0 Å². The number of hydrogen-bond acceptors (Lipinski definition) is 10. The third-order valence-corrected chi connectivity index (χ3v) is 18.0. The van der Waals surface area contributed by atoms with Crippen LogP contribution in [0.5, 0.6) is 0 Å². The van der Waals surface area contributed by atoms with Gasteiger partial charge in [0, 0.05) is 44.7 Å². The summed E-state index contributed by atoms with van der Waals surface area (Å²) in [5.41, 5.74) is -0.603. The highest BCUT2D eigenvalue weighted by Crippen LogP contribution is 2.89. The van der Waals surface area contributed by atoms with Crippen molar-refractivity contribution in [2.75, 3.05) is 59.2 Å². The molecule has 0 radical (unpaired) electrons. The van der Waals surface area contributed by atoms with Crippen molar-refractivity contribution in [3.63, 3.8) is 0 Å². The lowest BCUT2D eigenvalue weighted by atomic mass is 9.41. The van der Waals surface area contributed by atoms with Crippen molar-refractivity contribution in [2.45, 2.75) is 155 Å². The number of ether oxygens (including phenoxy) is 4. The van der Waals surface area contributed by atoms with E-state index in [1.807, 2.05) is 20.8 Å². The van der Waals surface area contributed by atoms with Gasteiger partial charge in [0.25, 0.3) is 0 Å². The Morgan fingerprint density at radius 2 is 1.64 bits per heavy atom. The van der Waals surface area contributed by atoms with E-state index in [0.29, 0.717) is 48.2 Å². The van der Waals surface area contributed by atoms with Crippen molar-refractivity contribution in [1.82, 2.24) is 9.80 Å². The summed E-state index contributed by atoms with van der Waals surface area (Å²) in [5.74, 6) is 2.31. The SMILES string of the molecule is CCO[C@@H]([C@H]1C[C@@H](C)[C@H]2[C@H](O1)[C@H](O)[C@@]1(C)[C@@H]3CC[C@H]4C(C)(C)[C@@H](O[C@H]5CN(CC6CN(C(CO)CO)C6)CCO5)CC[C@@]45C[C@@]35CC[C@]21C)C(C)(C)O. The molecule has 8 aliphatic rings. The Morgan fingerprint density at radius 1 is 0.943 bits per heavy atom. The second-order valence-electron chi connectivity index (χ2n) is 21.1. The molecule has 53 heavy (non-hydrogen) atoms. The molecule has 10 nitrogen and oxygen atoms in total. The summed E-state index contributed by atoms with van der Waals surface area (Å²) in [6.45, 7) is 23.8. The van der Waals surface area contributed by atoms with Crippen LogP contribution in [0.4, 0.5) is 0 Å². The molecule has 5 saturated carbocycles. The maximum atomic E-state index is 12.7. The van der Waals surface area contributed by atoms with Crippen LogP contribution < -0.4 is 0 Å². The maximum absolute atomic E-state index is 12.7. The average molecular weight is 747 g/mol. The number of hydrogen-bond donors (Lipinski definition) is 4. The summed E-state index contributed by atoms with van der Waals surface area (Å²) in [5, 5.41) is 42.9. The highest BCUT2D eigenvalue weighted by Gasteiger charge is 2.84. The lowest BCUT2D eigenvalue weighted by Crippen LogP contribution is -2.60. The first-order valence-corrected chi connectivity index (χ1v) is 21.6. The lowest BCUT2D eigenvalue weighted by molar-refractivity contribution is -0.250. The Morgan fingerprint density at radius 3 is 2.32 bits per heavy atom. The molecule has 304 valence electrons. The molecular formula is C43H74N2O8. The number of aliphatic hydroxyl groups excluding tert-OH is 3. The molecule has 3 heterocycles. The van der Waals surface area contributed by atoms with Crippen molar-refractivity contribution in [3.8, 4) is 0 Å². The molecule has 0 bridgehead atoms. The van der Waals surface area contributed by atoms with E-state index in [1.54, 1.807) is 0 Å². The van der Waals surface area contributed by atoms with Crippen LogP contribution >= 0.6 is 0 Å². The van der Waals surface area contributed by atoms with Gasteiger partial charge in [-0.1, -0.05) is 34.6 Å². The topological polar surface area (TPSA) is 124 Å². The Labute approximate surface area is 319 Å². The van der Waals surface area contributed by atoms with Crippen molar-refractivity contribution < 1.29 is 39.4 Å². The van der Waals surface area contributed by atoms with Crippen molar-refractivity contribution >= 4 is 0 Å². The Bertz CT molecular complexity index is 1330. The molecule has 3 aliphatic heterocycles. The first-order chi connectivity index (χ1) is 25.0. The van der Waals surface area contributed by atoms with Gasteiger partial charge in [0.2, 0.25) is 0 Å². The van der Waals surface area contributed by atoms with Gasteiger partial charge in [0.15, 0.2) is 6.29 Å². The van der Waals surface area contributed by atoms with E-state index in [-0.39, 0.29) is 65.5 Å². The van der Waals surface area contributed by atoms with Crippen LogP contribution in [0.3, 0.4) is 0 Å². The molecule has 2 spiro atoms. The molecule has 10 heteroatoms. The van der Waals surface area contributed by atoms with Crippen LogP contribution in [0.2, 0.25) is 0 Å². The predicted molar refractivity (Wildman–Crippen MR) is 202 cm³/mol. The largest absolute Gasteiger partial charge is 0.395 e. The number of nitrogens with zero attached hydrogens (tertiary/aromatic N) is 2. The van der Waals surface area contributed by atoms with Gasteiger partial charge in [-0.2, -0.15) is 0 Å². The Hall–Kier alpha value is -0.400. The average Bonchev–Trinajstić information content (AvgIpc) is 3.72. The highest BCUT2D eigenvalue weighted by molar-refractivity contribution is 5.33. The van der Waals surface area contributed by atoms with Gasteiger partial charge in [-0.25, -0.2) is 0 Å². The number of morpholine rings is 1. The summed E-state index contributed by atoms with van der Waals surface area (Å²) in [7, 11) is 0. The molecule has 3 saturated heterocycles.